The number of halogens is 3. The smallest absolute Gasteiger partial charge is 0.416 e. The standard InChI is InChI=1S/C16H15N3O3.C8H7F3N/c17-14(18)11-7-4-8-12(9-11)15(20)19-13(16(21)22)10-5-2-1-3-6-10;9-8(10,11)7-3-1-2-6(4-7)5-12/h1-9,13H,(H3,17,18)(H,19,20)(H,21,22);1-4,12H,5H2/q;-1/t13-;/m1./s1. The van der Waals surface area contributed by atoms with Crippen LogP contribution in [0.2, 0.25) is 0 Å². The second-order valence-electron chi connectivity index (χ2n) is 7.02. The summed E-state index contributed by atoms with van der Waals surface area (Å²) in [7, 11) is 0. The van der Waals surface area contributed by atoms with Gasteiger partial charge in [-0.05, 0) is 23.8 Å². The number of carbonyl (C=O) groups excluding carboxylic acids is 1. The first-order valence-electron chi connectivity index (χ1n) is 9.86. The summed E-state index contributed by atoms with van der Waals surface area (Å²) in [5, 5.41) is 19.1. The predicted octanol–water partition coefficient (Wildman–Crippen LogP) is 4.78. The van der Waals surface area contributed by atoms with E-state index in [1.807, 2.05) is 0 Å². The quantitative estimate of drug-likeness (QED) is 0.303. The van der Waals surface area contributed by atoms with Gasteiger partial charge in [-0.2, -0.15) is 13.2 Å². The number of benzene rings is 3. The molecule has 0 unspecified atom stereocenters. The van der Waals surface area contributed by atoms with Crippen LogP contribution in [0.25, 0.3) is 5.73 Å². The van der Waals surface area contributed by atoms with Gasteiger partial charge in [-0.3, -0.25) is 10.2 Å². The summed E-state index contributed by atoms with van der Waals surface area (Å²) in [5.74, 6) is -1.85. The highest BCUT2D eigenvalue weighted by molar-refractivity contribution is 6.01. The Morgan fingerprint density at radius 3 is 2.15 bits per heavy atom. The van der Waals surface area contributed by atoms with Crippen molar-refractivity contribution in [2.45, 2.75) is 18.8 Å². The van der Waals surface area contributed by atoms with Gasteiger partial charge in [0.05, 0.1) is 5.56 Å². The topological polar surface area (TPSA) is 140 Å². The lowest BCUT2D eigenvalue weighted by Crippen LogP contribution is -2.33. The van der Waals surface area contributed by atoms with Crippen molar-refractivity contribution < 1.29 is 27.9 Å². The molecule has 3 rings (SSSR count). The Bertz CT molecular complexity index is 1150. The van der Waals surface area contributed by atoms with Crippen molar-refractivity contribution in [2.24, 2.45) is 5.73 Å². The molecule has 3 aromatic carbocycles. The highest BCUT2D eigenvalue weighted by Gasteiger charge is 2.30. The van der Waals surface area contributed by atoms with E-state index < -0.39 is 29.7 Å². The Morgan fingerprint density at radius 1 is 0.971 bits per heavy atom. The fourth-order valence-corrected chi connectivity index (χ4v) is 2.83. The Hall–Kier alpha value is -4.18. The lowest BCUT2D eigenvalue weighted by atomic mass is 10.1. The molecular formula is C24H22F3N4O3-. The van der Waals surface area contributed by atoms with E-state index in [0.717, 1.165) is 12.1 Å². The number of hydrogen-bond donors (Lipinski definition) is 4. The number of nitrogen functional groups attached to an aromatic ring is 1. The Kier molecular flexibility index (Phi) is 8.91. The lowest BCUT2D eigenvalue weighted by molar-refractivity contribution is -0.139. The molecular weight excluding hydrogens is 449 g/mol. The SMILES string of the molecule is N=C(N)c1cccc(C(=O)N[C@@H](C(=O)O)c2ccccc2)c1.[NH-]Cc1cccc(C(F)(F)F)c1. The van der Waals surface area contributed by atoms with Crippen LogP contribution in [-0.4, -0.2) is 22.8 Å². The number of carboxylic acids is 1. The molecule has 3 aromatic rings. The molecule has 0 radical (unpaired) electrons. The van der Waals surface area contributed by atoms with Gasteiger partial charge in [0, 0.05) is 11.1 Å². The molecule has 0 aromatic heterocycles. The molecule has 0 aliphatic rings. The van der Waals surface area contributed by atoms with E-state index in [1.54, 1.807) is 42.5 Å². The molecule has 0 bridgehead atoms. The third kappa shape index (κ3) is 7.45. The maximum Gasteiger partial charge on any atom is 0.416 e. The van der Waals surface area contributed by atoms with Crippen molar-refractivity contribution in [3.8, 4) is 0 Å². The molecule has 0 aliphatic heterocycles. The number of carboxylic acid groups (broad SMARTS) is 1. The number of hydrogen-bond acceptors (Lipinski definition) is 3. The van der Waals surface area contributed by atoms with Gasteiger partial charge >= 0.3 is 12.1 Å². The third-order valence-electron chi connectivity index (χ3n) is 4.55. The second kappa shape index (κ2) is 11.6. The molecule has 6 N–H and O–H groups in total. The normalized spacial score (nSPS) is 11.5. The minimum Gasteiger partial charge on any atom is -0.674 e. The van der Waals surface area contributed by atoms with Crippen molar-refractivity contribution in [1.82, 2.24) is 5.32 Å². The van der Waals surface area contributed by atoms with Crippen LogP contribution in [0.15, 0.2) is 78.9 Å². The number of nitrogens with two attached hydrogens (primary N) is 1. The molecule has 0 spiro atoms. The van der Waals surface area contributed by atoms with Crippen LogP contribution in [0.1, 0.15) is 38.7 Å². The molecule has 0 fully saturated rings. The van der Waals surface area contributed by atoms with Gasteiger partial charge in [-0.25, -0.2) is 4.79 Å². The fraction of sp³-hybridized carbons (Fsp3) is 0.125. The van der Waals surface area contributed by atoms with Crippen molar-refractivity contribution >= 4 is 17.7 Å². The van der Waals surface area contributed by atoms with Gasteiger partial charge in [0.2, 0.25) is 0 Å². The monoisotopic (exact) mass is 471 g/mol. The van der Waals surface area contributed by atoms with E-state index in [0.29, 0.717) is 16.7 Å². The van der Waals surface area contributed by atoms with Crippen LogP contribution in [0.5, 0.6) is 0 Å². The highest BCUT2D eigenvalue weighted by Crippen LogP contribution is 2.29. The molecule has 0 saturated carbocycles. The van der Waals surface area contributed by atoms with E-state index in [2.05, 4.69) is 5.32 Å². The predicted molar refractivity (Wildman–Crippen MR) is 121 cm³/mol. The maximum absolute atomic E-state index is 12.2. The number of carbonyl (C=O) groups is 2. The summed E-state index contributed by atoms with van der Waals surface area (Å²) in [5.41, 5.74) is 13.1. The summed E-state index contributed by atoms with van der Waals surface area (Å²) in [6, 6.07) is 18.3. The van der Waals surface area contributed by atoms with Crippen LogP contribution in [0.3, 0.4) is 0 Å². The summed E-state index contributed by atoms with van der Waals surface area (Å²) in [6.07, 6.45) is -4.30. The van der Waals surface area contributed by atoms with E-state index in [4.69, 9.17) is 16.9 Å². The summed E-state index contributed by atoms with van der Waals surface area (Å²) >= 11 is 0. The van der Waals surface area contributed by atoms with Gasteiger partial charge in [-0.15, -0.1) is 6.54 Å². The summed E-state index contributed by atoms with van der Waals surface area (Å²) < 4.78 is 36.1. The first-order valence-corrected chi connectivity index (χ1v) is 9.86. The van der Waals surface area contributed by atoms with E-state index >= 15 is 0 Å². The number of amides is 1. The van der Waals surface area contributed by atoms with Gasteiger partial charge in [0.1, 0.15) is 5.84 Å². The zero-order valence-electron chi connectivity index (χ0n) is 17.8. The van der Waals surface area contributed by atoms with Crippen molar-refractivity contribution in [3.05, 3.63) is 112 Å². The van der Waals surface area contributed by atoms with E-state index in [-0.39, 0.29) is 17.9 Å². The number of rotatable bonds is 6. The Morgan fingerprint density at radius 2 is 1.59 bits per heavy atom. The molecule has 178 valence electrons. The van der Waals surface area contributed by atoms with Crippen molar-refractivity contribution in [3.63, 3.8) is 0 Å². The largest absolute Gasteiger partial charge is 0.674 e. The second-order valence-corrected chi connectivity index (χ2v) is 7.02. The molecule has 7 nitrogen and oxygen atoms in total. The first kappa shape index (κ1) is 26.1. The van der Waals surface area contributed by atoms with Crippen LogP contribution >= 0.6 is 0 Å². The minimum absolute atomic E-state index is 0.121. The molecule has 0 saturated heterocycles. The summed E-state index contributed by atoms with van der Waals surface area (Å²) in [4.78, 5) is 23.6. The average Bonchev–Trinajstić information content (AvgIpc) is 2.82. The van der Waals surface area contributed by atoms with Crippen molar-refractivity contribution in [2.75, 3.05) is 0 Å². The van der Waals surface area contributed by atoms with E-state index in [9.17, 15) is 27.9 Å². The van der Waals surface area contributed by atoms with Crippen LogP contribution in [-0.2, 0) is 17.5 Å². The molecule has 1 atom stereocenters. The van der Waals surface area contributed by atoms with Crippen LogP contribution in [0.4, 0.5) is 13.2 Å². The Balaban J connectivity index is 0.000000287. The van der Waals surface area contributed by atoms with Gasteiger partial charge in [-0.1, -0.05) is 66.2 Å². The van der Waals surface area contributed by atoms with Crippen LogP contribution in [0, 0.1) is 5.41 Å². The van der Waals surface area contributed by atoms with Crippen molar-refractivity contribution in [1.29, 1.82) is 5.41 Å². The number of nitrogens with one attached hydrogen (secondary N) is 3. The number of aliphatic carboxylic acids is 1. The molecule has 0 aliphatic carbocycles. The lowest BCUT2D eigenvalue weighted by Gasteiger charge is -2.15. The highest BCUT2D eigenvalue weighted by atomic mass is 19.4. The molecule has 10 heteroatoms. The first-order chi connectivity index (χ1) is 16.0. The number of alkyl halides is 3. The maximum atomic E-state index is 12.2. The fourth-order valence-electron chi connectivity index (χ4n) is 2.83. The zero-order chi connectivity index (χ0) is 25.3. The average molecular weight is 471 g/mol. The van der Waals surface area contributed by atoms with Gasteiger partial charge in [0.25, 0.3) is 5.91 Å². The molecule has 0 heterocycles. The third-order valence-corrected chi connectivity index (χ3v) is 4.55. The van der Waals surface area contributed by atoms with Gasteiger partial charge in [0.15, 0.2) is 6.04 Å². The molecule has 1 amide bonds. The summed E-state index contributed by atoms with van der Waals surface area (Å²) in [6.45, 7) is -0.121. The zero-order valence-corrected chi connectivity index (χ0v) is 17.8. The molecule has 34 heavy (non-hydrogen) atoms. The minimum atomic E-state index is -4.30. The van der Waals surface area contributed by atoms with Gasteiger partial charge < -0.3 is 21.9 Å². The van der Waals surface area contributed by atoms with Crippen LogP contribution < -0.4 is 11.1 Å². The number of amidine groups is 1. The Labute approximate surface area is 193 Å². The van der Waals surface area contributed by atoms with E-state index in [1.165, 1.54) is 24.3 Å².